The van der Waals surface area contributed by atoms with Crippen LogP contribution in [0.5, 0.6) is 0 Å². The quantitative estimate of drug-likeness (QED) is 0.537. The molecule has 0 spiro atoms. The number of rotatable bonds is 4. The smallest absolute Gasteiger partial charge is 0.368 e. The molecule has 2 nitrogen and oxygen atoms in total. The first-order chi connectivity index (χ1) is 14.5. The van der Waals surface area contributed by atoms with Crippen LogP contribution in [0.25, 0.3) is 0 Å². The molecule has 0 radical (unpaired) electrons. The lowest BCUT2D eigenvalue weighted by atomic mass is 9.80. The molecule has 0 aliphatic carbocycles. The van der Waals surface area contributed by atoms with Gasteiger partial charge in [-0.1, -0.05) is 30.3 Å². The van der Waals surface area contributed by atoms with E-state index in [1.807, 2.05) is 30.3 Å². The molecular weight excluding hydrogens is 420 g/mol. The average molecular weight is 443 g/mol. The highest BCUT2D eigenvalue weighted by atomic mass is 19.4. The minimum Gasteiger partial charge on any atom is -0.368 e. The maximum Gasteiger partial charge on any atom is 0.416 e. The topological polar surface area (TPSA) is 21.3 Å². The molecule has 0 saturated carbocycles. The van der Waals surface area contributed by atoms with E-state index in [-0.39, 0.29) is 17.7 Å². The van der Waals surface area contributed by atoms with Crippen LogP contribution < -0.4 is 5.32 Å². The van der Waals surface area contributed by atoms with Crippen molar-refractivity contribution in [2.75, 3.05) is 0 Å². The van der Waals surface area contributed by atoms with Crippen molar-refractivity contribution in [3.63, 3.8) is 0 Å². The van der Waals surface area contributed by atoms with Crippen molar-refractivity contribution in [2.45, 2.75) is 68.7 Å². The standard InChI is InChI=1S/C23H23F6NO/c1-14(15-11-17(22(24,25)26)13-18(12-15)23(27,28)29)31-20-8-7-19-9-10-21(20,30-19)16-5-3-2-4-6-16/h2-6,11-14,19-20,30H,7-10H2,1H3. The lowest BCUT2D eigenvalue weighted by Crippen LogP contribution is -2.54. The van der Waals surface area contributed by atoms with Gasteiger partial charge in [0.05, 0.1) is 28.9 Å². The van der Waals surface area contributed by atoms with E-state index < -0.39 is 35.1 Å². The Morgan fingerprint density at radius 2 is 1.52 bits per heavy atom. The molecule has 4 rings (SSSR count). The molecule has 31 heavy (non-hydrogen) atoms. The molecule has 2 aliphatic heterocycles. The van der Waals surface area contributed by atoms with Crippen LogP contribution in [0.2, 0.25) is 0 Å². The molecule has 8 heteroatoms. The van der Waals surface area contributed by atoms with E-state index in [2.05, 4.69) is 5.32 Å². The largest absolute Gasteiger partial charge is 0.416 e. The fourth-order valence-electron chi connectivity index (χ4n) is 4.85. The molecule has 4 unspecified atom stereocenters. The summed E-state index contributed by atoms with van der Waals surface area (Å²) in [5.74, 6) is 0. The summed E-state index contributed by atoms with van der Waals surface area (Å²) >= 11 is 0. The molecule has 4 atom stereocenters. The zero-order valence-electron chi connectivity index (χ0n) is 16.9. The third-order valence-corrected chi connectivity index (χ3v) is 6.41. The molecule has 2 bridgehead atoms. The average Bonchev–Trinajstić information content (AvgIpc) is 3.08. The number of hydrogen-bond donors (Lipinski definition) is 1. The highest BCUT2D eigenvalue weighted by molar-refractivity contribution is 5.35. The Morgan fingerprint density at radius 3 is 2.10 bits per heavy atom. The van der Waals surface area contributed by atoms with Crippen molar-refractivity contribution in [3.8, 4) is 0 Å². The lowest BCUT2D eigenvalue weighted by Gasteiger charge is -2.43. The molecule has 1 N–H and O–H groups in total. The first kappa shape index (κ1) is 22.1. The van der Waals surface area contributed by atoms with Gasteiger partial charge in [0.25, 0.3) is 0 Å². The van der Waals surface area contributed by atoms with Crippen LogP contribution in [0.1, 0.15) is 61.0 Å². The van der Waals surface area contributed by atoms with Crippen LogP contribution in [-0.4, -0.2) is 12.1 Å². The molecule has 2 aliphatic rings. The molecule has 0 aromatic heterocycles. The summed E-state index contributed by atoms with van der Waals surface area (Å²) in [7, 11) is 0. The highest BCUT2D eigenvalue weighted by Crippen LogP contribution is 2.46. The van der Waals surface area contributed by atoms with Crippen LogP contribution in [0, 0.1) is 0 Å². The van der Waals surface area contributed by atoms with Crippen LogP contribution in [0.15, 0.2) is 48.5 Å². The Hall–Kier alpha value is -2.06. The van der Waals surface area contributed by atoms with E-state index in [4.69, 9.17) is 4.74 Å². The Kier molecular flexibility index (Phi) is 5.58. The summed E-state index contributed by atoms with van der Waals surface area (Å²) in [6, 6.07) is 11.7. The second kappa shape index (κ2) is 7.81. The number of piperidine rings is 1. The molecule has 2 aromatic rings. The molecule has 168 valence electrons. The Bertz CT molecular complexity index is 894. The monoisotopic (exact) mass is 443 g/mol. The fourth-order valence-corrected chi connectivity index (χ4v) is 4.85. The van der Waals surface area contributed by atoms with E-state index in [1.54, 1.807) is 0 Å². The van der Waals surface area contributed by atoms with Gasteiger partial charge in [-0.25, -0.2) is 0 Å². The third-order valence-electron chi connectivity index (χ3n) is 6.41. The van der Waals surface area contributed by atoms with Gasteiger partial charge < -0.3 is 10.1 Å². The number of benzene rings is 2. The zero-order chi connectivity index (χ0) is 22.4. The minimum atomic E-state index is -4.88. The van der Waals surface area contributed by atoms with E-state index >= 15 is 0 Å². The molecular formula is C23H23F6NO. The van der Waals surface area contributed by atoms with E-state index in [1.165, 1.54) is 6.92 Å². The van der Waals surface area contributed by atoms with Gasteiger partial charge in [-0.2, -0.15) is 26.3 Å². The number of hydrogen-bond acceptors (Lipinski definition) is 2. The van der Waals surface area contributed by atoms with Crippen molar-refractivity contribution in [1.29, 1.82) is 0 Å². The SMILES string of the molecule is CC(OC1CCC2CCC1(c1ccccc1)N2)c1cc(C(F)(F)F)cc(C(F)(F)F)c1. The van der Waals surface area contributed by atoms with Crippen LogP contribution in [0.4, 0.5) is 26.3 Å². The Labute approximate surface area is 176 Å². The number of fused-ring (bicyclic) bond motifs is 2. The van der Waals surface area contributed by atoms with Gasteiger partial charge in [0.1, 0.15) is 0 Å². The van der Waals surface area contributed by atoms with Gasteiger partial charge in [0.15, 0.2) is 0 Å². The summed E-state index contributed by atoms with van der Waals surface area (Å²) in [6.07, 6.45) is -7.79. The summed E-state index contributed by atoms with van der Waals surface area (Å²) in [5, 5.41) is 3.61. The second-order valence-electron chi connectivity index (χ2n) is 8.40. The summed E-state index contributed by atoms with van der Waals surface area (Å²) in [4.78, 5) is 0. The van der Waals surface area contributed by atoms with Crippen molar-refractivity contribution < 1.29 is 31.1 Å². The number of ether oxygens (including phenoxy) is 1. The van der Waals surface area contributed by atoms with Crippen LogP contribution in [0.3, 0.4) is 0 Å². The Balaban J connectivity index is 1.66. The molecule has 0 amide bonds. The first-order valence-corrected chi connectivity index (χ1v) is 10.3. The number of halogens is 6. The molecule has 2 fully saturated rings. The van der Waals surface area contributed by atoms with Gasteiger partial charge in [-0.05, 0) is 61.9 Å². The van der Waals surface area contributed by atoms with Crippen molar-refractivity contribution in [3.05, 3.63) is 70.8 Å². The van der Waals surface area contributed by atoms with E-state index in [0.29, 0.717) is 12.5 Å². The second-order valence-corrected chi connectivity index (χ2v) is 8.40. The van der Waals surface area contributed by atoms with Gasteiger partial charge in [-0.15, -0.1) is 0 Å². The molecule has 2 aromatic carbocycles. The third kappa shape index (κ3) is 4.32. The predicted octanol–water partition coefficient (Wildman–Crippen LogP) is 6.61. The summed E-state index contributed by atoms with van der Waals surface area (Å²) < 4.78 is 85.7. The van der Waals surface area contributed by atoms with Crippen LogP contribution in [-0.2, 0) is 22.6 Å². The maximum absolute atomic E-state index is 13.2. The van der Waals surface area contributed by atoms with Crippen LogP contribution >= 0.6 is 0 Å². The predicted molar refractivity (Wildman–Crippen MR) is 103 cm³/mol. The van der Waals surface area contributed by atoms with E-state index in [0.717, 1.165) is 37.0 Å². The fraction of sp³-hybridized carbons (Fsp3) is 0.478. The number of nitrogens with one attached hydrogen (secondary N) is 1. The number of alkyl halides is 6. The normalized spacial score (nSPS) is 27.3. The van der Waals surface area contributed by atoms with Gasteiger partial charge in [0, 0.05) is 6.04 Å². The summed E-state index contributed by atoms with van der Waals surface area (Å²) in [6.45, 7) is 1.51. The van der Waals surface area contributed by atoms with Gasteiger partial charge in [-0.3, -0.25) is 0 Å². The molecule has 2 saturated heterocycles. The van der Waals surface area contributed by atoms with Crippen molar-refractivity contribution >= 4 is 0 Å². The van der Waals surface area contributed by atoms with E-state index in [9.17, 15) is 26.3 Å². The lowest BCUT2D eigenvalue weighted by molar-refractivity contribution is -0.143. The Morgan fingerprint density at radius 1 is 0.903 bits per heavy atom. The van der Waals surface area contributed by atoms with Crippen molar-refractivity contribution in [1.82, 2.24) is 5.32 Å². The highest BCUT2D eigenvalue weighted by Gasteiger charge is 2.50. The summed E-state index contributed by atoms with van der Waals surface area (Å²) in [5.41, 5.74) is -2.26. The molecule has 2 heterocycles. The van der Waals surface area contributed by atoms with Gasteiger partial charge in [0.2, 0.25) is 0 Å². The zero-order valence-corrected chi connectivity index (χ0v) is 16.9. The minimum absolute atomic E-state index is 0.134. The van der Waals surface area contributed by atoms with Gasteiger partial charge >= 0.3 is 12.4 Å². The van der Waals surface area contributed by atoms with Crippen molar-refractivity contribution in [2.24, 2.45) is 0 Å². The maximum atomic E-state index is 13.2. The first-order valence-electron chi connectivity index (χ1n) is 10.3.